The predicted octanol–water partition coefficient (Wildman–Crippen LogP) is 2.55. The Balaban J connectivity index is 1.33. The molecule has 0 unspecified atom stereocenters. The lowest BCUT2D eigenvalue weighted by Gasteiger charge is -2.30. The van der Waals surface area contributed by atoms with Crippen LogP contribution in [0.3, 0.4) is 0 Å². The van der Waals surface area contributed by atoms with Crippen molar-refractivity contribution in [2.45, 2.75) is 29.1 Å². The number of carbonyl (C=O) groups excluding carboxylic acids is 2. The number of fused-ring (bicyclic) bond motifs is 1. The molecule has 160 valence electrons. The van der Waals surface area contributed by atoms with E-state index in [0.29, 0.717) is 43.9 Å². The third kappa shape index (κ3) is 4.72. The molecular weight excluding hydrogens is 442 g/mol. The average molecular weight is 466 g/mol. The van der Waals surface area contributed by atoms with E-state index in [1.54, 1.807) is 23.5 Å². The Morgan fingerprint density at radius 2 is 2.03 bits per heavy atom. The summed E-state index contributed by atoms with van der Waals surface area (Å²) in [5, 5.41) is 7.72. The zero-order valence-corrected chi connectivity index (χ0v) is 18.7. The zero-order valence-electron chi connectivity index (χ0n) is 16.3. The Kier molecular flexibility index (Phi) is 6.47. The molecule has 0 radical (unpaired) electrons. The minimum Gasteiger partial charge on any atom is -0.355 e. The van der Waals surface area contributed by atoms with Gasteiger partial charge in [-0.1, -0.05) is 6.07 Å². The topological polar surface area (TPSA) is 95.6 Å². The van der Waals surface area contributed by atoms with Crippen molar-refractivity contribution in [2.75, 3.05) is 30.7 Å². The molecule has 0 aliphatic carbocycles. The highest BCUT2D eigenvalue weighted by Crippen LogP contribution is 2.34. The van der Waals surface area contributed by atoms with E-state index in [4.69, 9.17) is 0 Å². The molecule has 2 aromatic rings. The van der Waals surface area contributed by atoms with Gasteiger partial charge in [-0.2, -0.15) is 4.31 Å². The maximum atomic E-state index is 13.0. The van der Waals surface area contributed by atoms with E-state index in [2.05, 4.69) is 10.6 Å². The second-order valence-electron chi connectivity index (χ2n) is 7.29. The molecule has 4 rings (SSSR count). The van der Waals surface area contributed by atoms with E-state index >= 15 is 0 Å². The van der Waals surface area contributed by atoms with Crippen LogP contribution >= 0.6 is 23.1 Å². The third-order valence-electron chi connectivity index (χ3n) is 5.30. The van der Waals surface area contributed by atoms with E-state index in [1.165, 1.54) is 27.0 Å². The van der Waals surface area contributed by atoms with Gasteiger partial charge in [-0.05, 0) is 48.9 Å². The number of benzene rings is 1. The van der Waals surface area contributed by atoms with Crippen LogP contribution in [0.1, 0.15) is 17.7 Å². The second-order valence-corrected chi connectivity index (χ2v) is 11.3. The molecule has 0 bridgehead atoms. The largest absolute Gasteiger partial charge is 0.355 e. The maximum Gasteiger partial charge on any atom is 0.243 e. The molecule has 2 aliphatic rings. The molecule has 2 N–H and O–H groups in total. The quantitative estimate of drug-likeness (QED) is 0.684. The lowest BCUT2D eigenvalue weighted by atomic mass is 9.97. The molecule has 7 nitrogen and oxygen atoms in total. The van der Waals surface area contributed by atoms with Crippen LogP contribution in [0.2, 0.25) is 0 Å². The summed E-state index contributed by atoms with van der Waals surface area (Å²) in [4.78, 5) is 26.3. The van der Waals surface area contributed by atoms with Crippen LogP contribution < -0.4 is 10.6 Å². The molecule has 1 fully saturated rings. The van der Waals surface area contributed by atoms with Crippen LogP contribution in [-0.4, -0.2) is 49.9 Å². The summed E-state index contributed by atoms with van der Waals surface area (Å²) in [6.07, 6.45) is 1.81. The molecule has 0 saturated carbocycles. The fraction of sp³-hybridized carbons (Fsp3) is 0.400. The van der Waals surface area contributed by atoms with Crippen molar-refractivity contribution in [2.24, 2.45) is 5.92 Å². The summed E-state index contributed by atoms with van der Waals surface area (Å²) in [6, 6.07) is 8.89. The summed E-state index contributed by atoms with van der Waals surface area (Å²) in [6.45, 7) is 1.21. The number of anilines is 1. The molecule has 2 aliphatic heterocycles. The standard InChI is InChI=1S/C20H23N3O4S3/c24-19-13-29-18-4-3-16(12-17(18)22-19)30(26,27)23-9-6-14(7-10-23)20(25)21-8-5-15-2-1-11-28-15/h1-4,11-12,14H,5-10,13H2,(H,21,25)(H,22,24). The number of piperidine rings is 1. The highest BCUT2D eigenvalue weighted by Gasteiger charge is 2.32. The van der Waals surface area contributed by atoms with Crippen LogP contribution in [0.5, 0.6) is 0 Å². The van der Waals surface area contributed by atoms with Crippen LogP contribution in [0, 0.1) is 5.92 Å². The van der Waals surface area contributed by atoms with Gasteiger partial charge in [0.1, 0.15) is 0 Å². The highest BCUT2D eigenvalue weighted by atomic mass is 32.2. The number of nitrogens with one attached hydrogen (secondary N) is 2. The van der Waals surface area contributed by atoms with Crippen molar-refractivity contribution in [1.29, 1.82) is 0 Å². The van der Waals surface area contributed by atoms with Crippen LogP contribution in [0.4, 0.5) is 5.69 Å². The van der Waals surface area contributed by atoms with Crippen molar-refractivity contribution < 1.29 is 18.0 Å². The first-order valence-electron chi connectivity index (χ1n) is 9.80. The Labute approximate surface area is 184 Å². The highest BCUT2D eigenvalue weighted by molar-refractivity contribution is 8.00. The second kappa shape index (κ2) is 9.09. The Hall–Kier alpha value is -1.88. The van der Waals surface area contributed by atoms with Crippen molar-refractivity contribution >= 4 is 50.6 Å². The number of thiophene rings is 1. The van der Waals surface area contributed by atoms with Crippen LogP contribution in [-0.2, 0) is 26.0 Å². The van der Waals surface area contributed by atoms with Gasteiger partial charge in [-0.25, -0.2) is 8.42 Å². The molecule has 1 aromatic heterocycles. The number of rotatable bonds is 6. The van der Waals surface area contributed by atoms with E-state index in [-0.39, 0.29) is 22.6 Å². The first-order chi connectivity index (χ1) is 14.4. The van der Waals surface area contributed by atoms with E-state index in [1.807, 2.05) is 17.5 Å². The number of nitrogens with zero attached hydrogens (tertiary/aromatic N) is 1. The first kappa shape index (κ1) is 21.4. The molecule has 0 atom stereocenters. The van der Waals surface area contributed by atoms with Crippen LogP contribution in [0.15, 0.2) is 45.5 Å². The molecule has 3 heterocycles. The third-order valence-corrected chi connectivity index (χ3v) is 9.20. The molecule has 1 aromatic carbocycles. The number of hydrogen-bond donors (Lipinski definition) is 2. The number of hydrogen-bond acceptors (Lipinski definition) is 6. The van der Waals surface area contributed by atoms with Crippen molar-refractivity contribution in [3.05, 3.63) is 40.6 Å². The SMILES string of the molecule is O=C1CSc2ccc(S(=O)(=O)N3CCC(C(=O)NCCc4cccs4)CC3)cc2N1. The van der Waals surface area contributed by atoms with Gasteiger partial charge < -0.3 is 10.6 Å². The number of thioether (sulfide) groups is 1. The molecule has 2 amide bonds. The zero-order chi connectivity index (χ0) is 21.1. The molecular formula is C20H23N3O4S3. The summed E-state index contributed by atoms with van der Waals surface area (Å²) in [5.41, 5.74) is 0.539. The van der Waals surface area contributed by atoms with E-state index in [9.17, 15) is 18.0 Å². The summed E-state index contributed by atoms with van der Waals surface area (Å²) in [7, 11) is -3.67. The molecule has 30 heavy (non-hydrogen) atoms. The number of sulfonamides is 1. The first-order valence-corrected chi connectivity index (χ1v) is 13.1. The van der Waals surface area contributed by atoms with Crippen molar-refractivity contribution in [3.63, 3.8) is 0 Å². The van der Waals surface area contributed by atoms with Gasteiger partial charge in [0, 0.05) is 35.3 Å². The van der Waals surface area contributed by atoms with Crippen molar-refractivity contribution in [3.8, 4) is 0 Å². The fourth-order valence-corrected chi connectivity index (χ4v) is 6.63. The number of amides is 2. The summed E-state index contributed by atoms with van der Waals surface area (Å²) >= 11 is 3.07. The Bertz CT molecular complexity index is 1030. The van der Waals surface area contributed by atoms with Gasteiger partial charge in [0.05, 0.1) is 16.3 Å². The van der Waals surface area contributed by atoms with E-state index < -0.39 is 10.0 Å². The predicted molar refractivity (Wildman–Crippen MR) is 118 cm³/mol. The minimum atomic E-state index is -3.67. The summed E-state index contributed by atoms with van der Waals surface area (Å²) in [5.74, 6) is 0.0335. The average Bonchev–Trinajstić information content (AvgIpc) is 3.26. The maximum absolute atomic E-state index is 13.0. The minimum absolute atomic E-state index is 0.00266. The van der Waals surface area contributed by atoms with Crippen LogP contribution in [0.25, 0.3) is 0 Å². The van der Waals surface area contributed by atoms with Crippen molar-refractivity contribution in [1.82, 2.24) is 9.62 Å². The smallest absolute Gasteiger partial charge is 0.243 e. The van der Waals surface area contributed by atoms with Gasteiger partial charge >= 0.3 is 0 Å². The number of carbonyl (C=O) groups is 2. The molecule has 1 saturated heterocycles. The molecule has 10 heteroatoms. The van der Waals surface area contributed by atoms with Gasteiger partial charge in [-0.15, -0.1) is 23.1 Å². The van der Waals surface area contributed by atoms with Gasteiger partial charge in [0.15, 0.2) is 0 Å². The molecule has 0 spiro atoms. The Morgan fingerprint density at radius 1 is 1.23 bits per heavy atom. The summed E-state index contributed by atoms with van der Waals surface area (Å²) < 4.78 is 27.5. The van der Waals surface area contributed by atoms with Gasteiger partial charge in [0.2, 0.25) is 21.8 Å². The van der Waals surface area contributed by atoms with Gasteiger partial charge in [0.25, 0.3) is 0 Å². The Morgan fingerprint density at radius 3 is 2.77 bits per heavy atom. The monoisotopic (exact) mass is 465 g/mol. The fourth-order valence-electron chi connectivity index (χ4n) is 3.64. The normalized spacial score (nSPS) is 17.9. The van der Waals surface area contributed by atoms with Gasteiger partial charge in [-0.3, -0.25) is 9.59 Å². The van der Waals surface area contributed by atoms with E-state index in [0.717, 1.165) is 11.3 Å². The lowest BCUT2D eigenvalue weighted by Crippen LogP contribution is -2.43. The lowest BCUT2D eigenvalue weighted by molar-refractivity contribution is -0.126.